The summed E-state index contributed by atoms with van der Waals surface area (Å²) >= 11 is 0. The van der Waals surface area contributed by atoms with E-state index in [0.29, 0.717) is 18.1 Å². The lowest BCUT2D eigenvalue weighted by atomic mass is 9.87. The minimum atomic E-state index is -1.18. The number of carbonyl (C=O) groups is 3. The lowest BCUT2D eigenvalue weighted by Gasteiger charge is -2.27. The van der Waals surface area contributed by atoms with E-state index in [9.17, 15) is 19.5 Å². The first-order valence-corrected chi connectivity index (χ1v) is 6.87. The van der Waals surface area contributed by atoms with Gasteiger partial charge in [0.25, 0.3) is 0 Å². The van der Waals surface area contributed by atoms with E-state index in [0.717, 1.165) is 25.7 Å². The van der Waals surface area contributed by atoms with Crippen LogP contribution in [0.3, 0.4) is 0 Å². The minimum Gasteiger partial charge on any atom is -0.480 e. The molecule has 0 heterocycles. The third-order valence-corrected chi connectivity index (χ3v) is 4.15. The van der Waals surface area contributed by atoms with Crippen LogP contribution < -0.4 is 5.32 Å². The van der Waals surface area contributed by atoms with E-state index in [4.69, 9.17) is 0 Å². The van der Waals surface area contributed by atoms with Gasteiger partial charge in [0.15, 0.2) is 0 Å². The Morgan fingerprint density at radius 1 is 1.21 bits per heavy atom. The Morgan fingerprint density at radius 2 is 1.68 bits per heavy atom. The molecular weight excluding hydrogens is 246 g/mol. The number of carboxylic acids is 1. The van der Waals surface area contributed by atoms with Crippen LogP contribution in [-0.4, -0.2) is 29.3 Å². The van der Waals surface area contributed by atoms with E-state index in [1.54, 1.807) is 0 Å². The van der Waals surface area contributed by atoms with Crippen molar-refractivity contribution in [2.24, 2.45) is 23.2 Å². The van der Waals surface area contributed by atoms with Gasteiger partial charge in [-0.3, -0.25) is 4.79 Å². The van der Waals surface area contributed by atoms with Gasteiger partial charge in [0, 0.05) is 0 Å². The Hall–Kier alpha value is -1.39. The summed E-state index contributed by atoms with van der Waals surface area (Å²) in [7, 11) is 0. The first kappa shape index (κ1) is 14.0. The second kappa shape index (κ2) is 4.94. The van der Waals surface area contributed by atoms with E-state index in [-0.39, 0.29) is 5.92 Å². The Morgan fingerprint density at radius 3 is 2.00 bits per heavy atom. The van der Waals surface area contributed by atoms with Crippen LogP contribution in [0.5, 0.6) is 0 Å². The fraction of sp³-hybridized carbons (Fsp3) is 0.786. The van der Waals surface area contributed by atoms with Crippen LogP contribution in [0.4, 0.5) is 0 Å². The molecule has 2 saturated carbocycles. The summed E-state index contributed by atoms with van der Waals surface area (Å²) in [6.45, 7) is 3.00. The van der Waals surface area contributed by atoms with Crippen molar-refractivity contribution in [1.82, 2.24) is 5.32 Å². The Balaban J connectivity index is 2.09. The topological polar surface area (TPSA) is 83.5 Å². The molecule has 5 heteroatoms. The molecule has 1 amide bonds. The summed E-state index contributed by atoms with van der Waals surface area (Å²) in [6, 6.07) is -0.855. The van der Waals surface area contributed by atoms with Crippen molar-refractivity contribution in [2.75, 3.05) is 0 Å². The highest BCUT2D eigenvalue weighted by atomic mass is 16.4. The maximum Gasteiger partial charge on any atom is 0.326 e. The van der Waals surface area contributed by atoms with Crippen LogP contribution >= 0.6 is 0 Å². The lowest BCUT2D eigenvalue weighted by Crippen LogP contribution is -2.51. The number of hydrogen-bond donors (Lipinski definition) is 2. The fourth-order valence-electron chi connectivity index (χ4n) is 2.59. The van der Waals surface area contributed by atoms with Crippen LogP contribution in [0.2, 0.25) is 0 Å². The molecule has 2 aliphatic carbocycles. The van der Waals surface area contributed by atoms with Crippen molar-refractivity contribution in [3.8, 4) is 0 Å². The van der Waals surface area contributed by atoms with Crippen molar-refractivity contribution in [1.29, 1.82) is 0 Å². The number of rotatable bonds is 7. The number of amides is 1. The molecule has 0 aliphatic heterocycles. The first-order valence-electron chi connectivity index (χ1n) is 6.87. The minimum absolute atomic E-state index is 0.0314. The molecule has 2 fully saturated rings. The van der Waals surface area contributed by atoms with Crippen LogP contribution in [0.1, 0.15) is 39.5 Å². The number of hydrogen-bond acceptors (Lipinski definition) is 3. The van der Waals surface area contributed by atoms with E-state index in [1.165, 1.54) is 13.8 Å². The number of aldehydes is 1. The second-order valence-electron chi connectivity index (χ2n) is 6.38. The highest BCUT2D eigenvalue weighted by molar-refractivity contribution is 5.97. The summed E-state index contributed by atoms with van der Waals surface area (Å²) in [5, 5.41) is 12.0. The smallest absolute Gasteiger partial charge is 0.326 e. The van der Waals surface area contributed by atoms with E-state index in [1.807, 2.05) is 0 Å². The molecule has 19 heavy (non-hydrogen) atoms. The number of carbonyl (C=O) groups excluding carboxylic acids is 2. The monoisotopic (exact) mass is 267 g/mol. The molecule has 0 saturated heterocycles. The van der Waals surface area contributed by atoms with Gasteiger partial charge in [-0.15, -0.1) is 0 Å². The molecular formula is C14H21NO4. The average Bonchev–Trinajstić information content (AvgIpc) is 3.21. The zero-order valence-electron chi connectivity index (χ0n) is 11.4. The van der Waals surface area contributed by atoms with Gasteiger partial charge in [-0.1, -0.05) is 0 Å². The summed E-state index contributed by atoms with van der Waals surface area (Å²) < 4.78 is 0. The van der Waals surface area contributed by atoms with Crippen molar-refractivity contribution >= 4 is 18.2 Å². The molecule has 0 aromatic carbocycles. The maximum absolute atomic E-state index is 12.0. The van der Waals surface area contributed by atoms with Crippen LogP contribution in [0.25, 0.3) is 0 Å². The highest BCUT2D eigenvalue weighted by Crippen LogP contribution is 2.50. The zero-order valence-corrected chi connectivity index (χ0v) is 11.4. The molecule has 106 valence electrons. The molecule has 0 spiro atoms. The van der Waals surface area contributed by atoms with Gasteiger partial charge in [-0.05, 0) is 57.3 Å². The quantitative estimate of drug-likeness (QED) is 0.536. The van der Waals surface area contributed by atoms with Crippen molar-refractivity contribution in [2.45, 2.75) is 45.6 Å². The van der Waals surface area contributed by atoms with Gasteiger partial charge < -0.3 is 15.2 Å². The number of aliphatic carboxylic acids is 1. The molecule has 0 unspecified atom stereocenters. The maximum atomic E-state index is 12.0. The van der Waals surface area contributed by atoms with Gasteiger partial charge in [0.05, 0.1) is 5.41 Å². The van der Waals surface area contributed by atoms with Gasteiger partial charge in [-0.2, -0.15) is 0 Å². The highest BCUT2D eigenvalue weighted by Gasteiger charge is 2.49. The molecule has 1 atom stereocenters. The summed E-state index contributed by atoms with van der Waals surface area (Å²) in [5.74, 6) is -0.606. The molecule has 0 bridgehead atoms. The molecule has 2 rings (SSSR count). The van der Waals surface area contributed by atoms with Gasteiger partial charge in [0.2, 0.25) is 5.91 Å². The predicted molar refractivity (Wildman–Crippen MR) is 68.3 cm³/mol. The Labute approximate surface area is 112 Å². The van der Waals surface area contributed by atoms with Crippen molar-refractivity contribution in [3.05, 3.63) is 0 Å². The van der Waals surface area contributed by atoms with E-state index >= 15 is 0 Å². The Kier molecular flexibility index (Phi) is 3.65. The average molecular weight is 267 g/mol. The van der Waals surface area contributed by atoms with E-state index in [2.05, 4.69) is 5.32 Å². The zero-order chi connectivity index (χ0) is 14.2. The predicted octanol–water partition coefficient (Wildman–Crippen LogP) is 1.22. The summed E-state index contributed by atoms with van der Waals surface area (Å²) in [4.78, 5) is 34.3. The van der Waals surface area contributed by atoms with Gasteiger partial charge >= 0.3 is 5.97 Å². The van der Waals surface area contributed by atoms with Crippen LogP contribution in [0, 0.1) is 23.2 Å². The standard InChI is InChI=1S/C14H21NO4/c1-14(2,7-16)13(19)15-11(12(17)18)10(8-3-4-8)9-5-6-9/h7-11H,3-6H2,1-2H3,(H,15,19)(H,17,18)/t11-/m0/s1. The lowest BCUT2D eigenvalue weighted by molar-refractivity contribution is -0.146. The van der Waals surface area contributed by atoms with E-state index < -0.39 is 23.3 Å². The summed E-state index contributed by atoms with van der Waals surface area (Å²) in [5.41, 5.74) is -1.18. The van der Waals surface area contributed by atoms with Gasteiger partial charge in [0.1, 0.15) is 12.3 Å². The number of nitrogens with one attached hydrogen (secondary N) is 1. The Bertz CT molecular complexity index is 384. The molecule has 0 radical (unpaired) electrons. The largest absolute Gasteiger partial charge is 0.480 e. The third-order valence-electron chi connectivity index (χ3n) is 4.15. The fourth-order valence-corrected chi connectivity index (χ4v) is 2.59. The SMILES string of the molecule is CC(C)(C=O)C(=O)N[C@H](C(=O)O)C(C1CC1)C1CC1. The summed E-state index contributed by atoms with van der Waals surface area (Å²) in [6.07, 6.45) is 4.77. The number of carboxylic acid groups (broad SMARTS) is 1. The normalized spacial score (nSPS) is 21.0. The first-order chi connectivity index (χ1) is 8.86. The second-order valence-corrected chi connectivity index (χ2v) is 6.38. The molecule has 0 aromatic rings. The molecule has 2 N–H and O–H groups in total. The third kappa shape index (κ3) is 3.14. The van der Waals surface area contributed by atoms with Crippen molar-refractivity contribution in [3.63, 3.8) is 0 Å². The van der Waals surface area contributed by atoms with Crippen LogP contribution in [0.15, 0.2) is 0 Å². The molecule has 5 nitrogen and oxygen atoms in total. The molecule has 2 aliphatic rings. The van der Waals surface area contributed by atoms with Gasteiger partial charge in [-0.25, -0.2) is 4.79 Å². The van der Waals surface area contributed by atoms with Crippen molar-refractivity contribution < 1.29 is 19.5 Å². The molecule has 0 aromatic heterocycles. The van der Waals surface area contributed by atoms with Crippen LogP contribution in [-0.2, 0) is 14.4 Å².